The van der Waals surface area contributed by atoms with Gasteiger partial charge in [0, 0.05) is 28.6 Å². The van der Waals surface area contributed by atoms with E-state index in [1.54, 1.807) is 55.1 Å². The lowest BCUT2D eigenvalue weighted by Gasteiger charge is -2.35. The topological polar surface area (TPSA) is 137 Å². The van der Waals surface area contributed by atoms with Crippen molar-refractivity contribution in [1.82, 2.24) is 14.8 Å². The number of rotatable bonds is 6. The molecule has 3 aromatic rings. The van der Waals surface area contributed by atoms with Crippen LogP contribution in [0.5, 0.6) is 0 Å². The first kappa shape index (κ1) is 22.0. The second kappa shape index (κ2) is 8.41. The first-order chi connectivity index (χ1) is 15.3. The first-order valence-electron chi connectivity index (χ1n) is 10.5. The van der Waals surface area contributed by atoms with Crippen LogP contribution in [0.3, 0.4) is 0 Å². The number of anilines is 2. The van der Waals surface area contributed by atoms with Crippen LogP contribution in [-0.4, -0.2) is 37.4 Å². The summed E-state index contributed by atoms with van der Waals surface area (Å²) < 4.78 is 28.2. The zero-order valence-corrected chi connectivity index (χ0v) is 18.9. The highest BCUT2D eigenvalue weighted by Crippen LogP contribution is 2.35. The van der Waals surface area contributed by atoms with Gasteiger partial charge in [-0.1, -0.05) is 0 Å². The van der Waals surface area contributed by atoms with E-state index in [9.17, 15) is 14.3 Å². The molecule has 3 N–H and O–H groups in total. The van der Waals surface area contributed by atoms with Gasteiger partial charge in [-0.3, -0.25) is 9.48 Å². The summed E-state index contributed by atoms with van der Waals surface area (Å²) in [5.74, 6) is 0.368. The highest BCUT2D eigenvalue weighted by molar-refractivity contribution is 7.93. The van der Waals surface area contributed by atoms with E-state index in [0.29, 0.717) is 40.5 Å². The fourth-order valence-corrected chi connectivity index (χ4v) is 5.13. The van der Waals surface area contributed by atoms with Crippen molar-refractivity contribution >= 4 is 32.1 Å². The third-order valence-corrected chi connectivity index (χ3v) is 8.19. The van der Waals surface area contributed by atoms with Gasteiger partial charge < -0.3 is 15.0 Å². The van der Waals surface area contributed by atoms with Crippen LogP contribution in [-0.2, 0) is 20.0 Å². The van der Waals surface area contributed by atoms with Crippen LogP contribution in [0.2, 0.25) is 0 Å². The lowest BCUT2D eigenvalue weighted by Crippen LogP contribution is -2.42. The molecule has 1 fully saturated rings. The van der Waals surface area contributed by atoms with Gasteiger partial charge in [0.25, 0.3) is 5.56 Å². The maximum absolute atomic E-state index is 12.7. The minimum Gasteiger partial charge on any atom is -0.379 e. The minimum absolute atomic E-state index is 0.220. The van der Waals surface area contributed by atoms with Gasteiger partial charge in [0.1, 0.15) is 5.39 Å². The minimum atomic E-state index is -2.88. The quantitative estimate of drug-likeness (QED) is 0.519. The Morgan fingerprint density at radius 3 is 2.75 bits per heavy atom. The molecule has 2 atom stereocenters. The largest absolute Gasteiger partial charge is 0.379 e. The molecule has 0 spiro atoms. The van der Waals surface area contributed by atoms with Crippen LogP contribution in [0.1, 0.15) is 33.1 Å². The standard InChI is InChI=1S/C22H26N6O3S/c1-15(2)32(24,30)17-6-4-16(5-7-17)26-20-19-18(8-12-25-21(19)29)28(27-20)22(10-11-23)9-3-13-31-14-22/h4-8,12,15,24H,3,9-10,13-14H2,1-2H3,(H,25,29)(H,26,27)/t22-,32?/m0/s1. The molecule has 1 saturated heterocycles. The number of pyridine rings is 1. The summed E-state index contributed by atoms with van der Waals surface area (Å²) in [4.78, 5) is 15.9. The molecule has 4 rings (SSSR count). The van der Waals surface area contributed by atoms with Crippen LogP contribution in [0, 0.1) is 16.1 Å². The van der Waals surface area contributed by atoms with Gasteiger partial charge in [0.2, 0.25) is 0 Å². The molecule has 10 heteroatoms. The number of nitrogens with one attached hydrogen (secondary N) is 3. The van der Waals surface area contributed by atoms with Crippen molar-refractivity contribution in [2.45, 2.75) is 48.8 Å². The van der Waals surface area contributed by atoms with Crippen molar-refractivity contribution in [1.29, 1.82) is 10.0 Å². The Labute approximate surface area is 186 Å². The van der Waals surface area contributed by atoms with Crippen LogP contribution < -0.4 is 10.9 Å². The van der Waals surface area contributed by atoms with Crippen molar-refractivity contribution < 1.29 is 8.95 Å². The highest BCUT2D eigenvalue weighted by atomic mass is 32.2. The summed E-state index contributed by atoms with van der Waals surface area (Å²) >= 11 is 0. The van der Waals surface area contributed by atoms with Gasteiger partial charge in [-0.05, 0) is 57.0 Å². The molecule has 1 aliphatic heterocycles. The summed E-state index contributed by atoms with van der Waals surface area (Å²) in [5.41, 5.74) is 0.349. The van der Waals surface area contributed by atoms with Crippen LogP contribution >= 0.6 is 0 Å². The number of fused-ring (bicyclic) bond motifs is 1. The van der Waals surface area contributed by atoms with E-state index in [0.717, 1.165) is 12.8 Å². The number of nitriles is 1. The predicted molar refractivity (Wildman–Crippen MR) is 123 cm³/mol. The molecule has 168 valence electrons. The fourth-order valence-electron chi connectivity index (χ4n) is 4.04. The number of aromatic nitrogens is 3. The molecule has 0 amide bonds. The maximum Gasteiger partial charge on any atom is 0.261 e. The van der Waals surface area contributed by atoms with Crippen molar-refractivity contribution in [3.8, 4) is 6.07 Å². The molecular formula is C22H26N6O3S. The molecule has 3 heterocycles. The molecule has 9 nitrogen and oxygen atoms in total. The summed E-state index contributed by atoms with van der Waals surface area (Å²) in [5, 5.41) is 17.5. The Hall–Kier alpha value is -3.16. The molecule has 2 aromatic heterocycles. The Kier molecular flexibility index (Phi) is 5.79. The van der Waals surface area contributed by atoms with Gasteiger partial charge in [-0.25, -0.2) is 8.99 Å². The van der Waals surface area contributed by atoms with Gasteiger partial charge in [-0.2, -0.15) is 10.4 Å². The van der Waals surface area contributed by atoms with E-state index < -0.39 is 15.3 Å². The molecular weight excluding hydrogens is 428 g/mol. The zero-order chi connectivity index (χ0) is 22.9. The van der Waals surface area contributed by atoms with Gasteiger partial charge in [0.05, 0.1) is 39.9 Å². The van der Waals surface area contributed by atoms with E-state index in [4.69, 9.17) is 14.6 Å². The second-order valence-electron chi connectivity index (χ2n) is 8.34. The average molecular weight is 455 g/mol. The Morgan fingerprint density at radius 2 is 2.12 bits per heavy atom. The number of H-pyrrole nitrogens is 1. The normalized spacial score (nSPS) is 20.7. The number of nitrogens with zero attached hydrogens (tertiary/aromatic N) is 3. The Morgan fingerprint density at radius 1 is 1.38 bits per heavy atom. The van der Waals surface area contributed by atoms with Crippen molar-refractivity contribution in [3.05, 3.63) is 46.9 Å². The van der Waals surface area contributed by atoms with Gasteiger partial charge in [-0.15, -0.1) is 0 Å². The highest BCUT2D eigenvalue weighted by Gasteiger charge is 2.38. The molecule has 0 bridgehead atoms. The van der Waals surface area contributed by atoms with Crippen molar-refractivity contribution in [2.75, 3.05) is 18.5 Å². The monoisotopic (exact) mass is 454 g/mol. The molecule has 0 radical (unpaired) electrons. The molecule has 0 aliphatic carbocycles. The first-order valence-corrected chi connectivity index (χ1v) is 12.1. The number of ether oxygens (including phenoxy) is 1. The molecule has 32 heavy (non-hydrogen) atoms. The lowest BCUT2D eigenvalue weighted by molar-refractivity contribution is -0.00174. The number of hydrogen-bond donors (Lipinski definition) is 3. The summed E-state index contributed by atoms with van der Waals surface area (Å²) in [6.07, 6.45) is 3.32. The maximum atomic E-state index is 12.7. The van der Waals surface area contributed by atoms with Crippen molar-refractivity contribution in [3.63, 3.8) is 0 Å². The predicted octanol–water partition coefficient (Wildman–Crippen LogP) is 3.70. The number of hydrogen-bond acceptors (Lipinski definition) is 7. The molecule has 1 aromatic carbocycles. The van der Waals surface area contributed by atoms with E-state index >= 15 is 0 Å². The molecule has 1 aliphatic rings. The van der Waals surface area contributed by atoms with Crippen molar-refractivity contribution in [2.24, 2.45) is 0 Å². The SMILES string of the molecule is CC(C)S(=N)(=O)c1ccc(Nc2nn([C@]3(CC#N)CCCOC3)c3cc[nH]c(=O)c23)cc1. The summed E-state index contributed by atoms with van der Waals surface area (Å²) in [6, 6.07) is 10.8. The fraction of sp³-hybridized carbons (Fsp3) is 0.409. The van der Waals surface area contributed by atoms with Crippen LogP contribution in [0.25, 0.3) is 10.9 Å². The third-order valence-electron chi connectivity index (χ3n) is 5.89. The Balaban J connectivity index is 1.78. The third kappa shape index (κ3) is 3.78. The molecule has 1 unspecified atom stereocenters. The summed E-state index contributed by atoms with van der Waals surface area (Å²) in [6.45, 7) is 4.52. The van der Waals surface area contributed by atoms with Crippen LogP contribution in [0.4, 0.5) is 11.5 Å². The average Bonchev–Trinajstić information content (AvgIpc) is 3.15. The van der Waals surface area contributed by atoms with Gasteiger partial charge >= 0.3 is 0 Å². The van der Waals surface area contributed by atoms with E-state index in [1.807, 2.05) is 0 Å². The lowest BCUT2D eigenvalue weighted by atomic mass is 9.89. The van der Waals surface area contributed by atoms with E-state index in [1.165, 1.54) is 0 Å². The number of aromatic amines is 1. The smallest absolute Gasteiger partial charge is 0.261 e. The Bertz CT molecular complexity index is 1330. The summed E-state index contributed by atoms with van der Waals surface area (Å²) in [7, 11) is -2.88. The zero-order valence-electron chi connectivity index (χ0n) is 18.1. The molecule has 0 saturated carbocycles. The van der Waals surface area contributed by atoms with E-state index in [-0.39, 0.29) is 17.2 Å². The van der Waals surface area contributed by atoms with Crippen LogP contribution in [0.15, 0.2) is 46.2 Å². The van der Waals surface area contributed by atoms with E-state index in [2.05, 4.69) is 16.4 Å². The van der Waals surface area contributed by atoms with Gasteiger partial charge in [0.15, 0.2) is 5.82 Å². The number of benzene rings is 1. The second-order valence-corrected chi connectivity index (χ2v) is 11.0.